The van der Waals surface area contributed by atoms with Crippen molar-refractivity contribution in [3.05, 3.63) is 16.9 Å². The molecule has 2 nitrogen and oxygen atoms in total. The third-order valence-corrected chi connectivity index (χ3v) is 3.86. The fourth-order valence-corrected chi connectivity index (χ4v) is 2.69. The molecule has 15 heavy (non-hydrogen) atoms. The van der Waals surface area contributed by atoms with Crippen molar-refractivity contribution in [2.75, 3.05) is 5.33 Å². The van der Waals surface area contributed by atoms with Gasteiger partial charge in [-0.15, -0.1) is 0 Å². The van der Waals surface area contributed by atoms with Gasteiger partial charge in [-0.05, 0) is 18.3 Å². The highest BCUT2D eigenvalue weighted by atomic mass is 79.9. The Hall–Kier alpha value is -0.0200. The molecule has 1 unspecified atom stereocenters. The molecule has 1 aromatic heterocycles. The molecular weight excluding hydrogens is 275 g/mol. The predicted molar refractivity (Wildman–Crippen MR) is 68.7 cm³/mol. The highest BCUT2D eigenvalue weighted by Gasteiger charge is 2.24. The van der Waals surface area contributed by atoms with Crippen LogP contribution in [-0.4, -0.2) is 15.1 Å². The summed E-state index contributed by atoms with van der Waals surface area (Å²) in [6.07, 6.45) is 1.90. The molecule has 0 aromatic carbocycles. The first-order valence-corrected chi connectivity index (χ1v) is 6.60. The highest BCUT2D eigenvalue weighted by Crippen LogP contribution is 2.29. The number of nitrogens with zero attached hydrogens (tertiary/aromatic N) is 2. The van der Waals surface area contributed by atoms with Gasteiger partial charge in [0.2, 0.25) is 0 Å². The summed E-state index contributed by atoms with van der Waals surface area (Å²) < 4.78 is 1.94. The fraction of sp³-hybridized carbons (Fsp3) is 0.727. The van der Waals surface area contributed by atoms with Crippen LogP contribution in [0.25, 0.3) is 0 Å². The van der Waals surface area contributed by atoms with E-state index in [0.29, 0.717) is 5.92 Å². The first-order chi connectivity index (χ1) is 6.84. The van der Waals surface area contributed by atoms with Gasteiger partial charge < -0.3 is 0 Å². The average Bonchev–Trinajstić information content (AvgIpc) is 2.40. The van der Waals surface area contributed by atoms with E-state index >= 15 is 0 Å². The minimum Gasteiger partial charge on any atom is -0.271 e. The van der Waals surface area contributed by atoms with E-state index in [0.717, 1.165) is 22.6 Å². The number of hydrogen-bond acceptors (Lipinski definition) is 1. The van der Waals surface area contributed by atoms with Crippen molar-refractivity contribution in [2.24, 2.45) is 11.3 Å². The lowest BCUT2D eigenvalue weighted by molar-refractivity contribution is 0.232. The molecule has 0 aliphatic rings. The summed E-state index contributed by atoms with van der Waals surface area (Å²) in [6, 6.07) is 0. The molecule has 0 spiro atoms. The third kappa shape index (κ3) is 3.49. The van der Waals surface area contributed by atoms with E-state index in [1.165, 1.54) is 0 Å². The standard InChI is InChI=1S/C11H18BrClN2/c1-8-10(13)7-15(14-8)6-9(5-12)11(2,3)4/h7,9H,5-6H2,1-4H3. The second kappa shape index (κ2) is 4.88. The van der Waals surface area contributed by atoms with Crippen molar-refractivity contribution in [1.82, 2.24) is 9.78 Å². The van der Waals surface area contributed by atoms with Crippen LogP contribution in [0.1, 0.15) is 26.5 Å². The van der Waals surface area contributed by atoms with Gasteiger partial charge in [0.25, 0.3) is 0 Å². The molecule has 0 saturated heterocycles. The smallest absolute Gasteiger partial charge is 0.0814 e. The van der Waals surface area contributed by atoms with Gasteiger partial charge >= 0.3 is 0 Å². The third-order valence-electron chi connectivity index (χ3n) is 2.70. The quantitative estimate of drug-likeness (QED) is 0.773. The number of alkyl halides is 1. The summed E-state index contributed by atoms with van der Waals surface area (Å²) in [7, 11) is 0. The Kier molecular flexibility index (Phi) is 4.24. The maximum absolute atomic E-state index is 5.98. The second-order valence-electron chi connectivity index (χ2n) is 5.00. The Morgan fingerprint density at radius 1 is 1.53 bits per heavy atom. The van der Waals surface area contributed by atoms with E-state index in [4.69, 9.17) is 11.6 Å². The maximum Gasteiger partial charge on any atom is 0.0814 e. The van der Waals surface area contributed by atoms with Gasteiger partial charge in [-0.25, -0.2) is 0 Å². The van der Waals surface area contributed by atoms with Crippen LogP contribution in [0.3, 0.4) is 0 Å². The van der Waals surface area contributed by atoms with Crippen molar-refractivity contribution in [1.29, 1.82) is 0 Å². The van der Waals surface area contributed by atoms with Crippen LogP contribution in [0.15, 0.2) is 6.20 Å². The molecule has 1 aromatic rings. The monoisotopic (exact) mass is 292 g/mol. The number of rotatable bonds is 3. The van der Waals surface area contributed by atoms with E-state index in [2.05, 4.69) is 41.8 Å². The number of hydrogen-bond donors (Lipinski definition) is 0. The van der Waals surface area contributed by atoms with Crippen LogP contribution in [-0.2, 0) is 6.54 Å². The lowest BCUT2D eigenvalue weighted by Crippen LogP contribution is -2.26. The largest absolute Gasteiger partial charge is 0.271 e. The summed E-state index contributed by atoms with van der Waals surface area (Å²) in [6.45, 7) is 9.58. The molecule has 0 amide bonds. The molecule has 0 fully saturated rings. The van der Waals surface area contributed by atoms with Crippen LogP contribution in [0.2, 0.25) is 5.02 Å². The van der Waals surface area contributed by atoms with E-state index < -0.39 is 0 Å². The Morgan fingerprint density at radius 3 is 2.47 bits per heavy atom. The summed E-state index contributed by atoms with van der Waals surface area (Å²) in [4.78, 5) is 0. The summed E-state index contributed by atoms with van der Waals surface area (Å²) in [5.74, 6) is 0.549. The predicted octanol–water partition coefficient (Wildman–Crippen LogP) is 3.90. The molecule has 0 aliphatic heterocycles. The van der Waals surface area contributed by atoms with Crippen molar-refractivity contribution in [2.45, 2.75) is 34.2 Å². The van der Waals surface area contributed by atoms with E-state index in [-0.39, 0.29) is 5.41 Å². The van der Waals surface area contributed by atoms with Gasteiger partial charge in [0.1, 0.15) is 0 Å². The van der Waals surface area contributed by atoms with Gasteiger partial charge in [0.05, 0.1) is 10.7 Å². The van der Waals surface area contributed by atoms with Gasteiger partial charge in [-0.3, -0.25) is 4.68 Å². The molecule has 0 saturated carbocycles. The minimum atomic E-state index is 0.274. The molecule has 1 rings (SSSR count). The molecule has 0 bridgehead atoms. The number of aromatic nitrogens is 2. The van der Waals surface area contributed by atoms with Crippen molar-refractivity contribution < 1.29 is 0 Å². The fourth-order valence-electron chi connectivity index (χ4n) is 1.37. The first kappa shape index (κ1) is 13.0. The number of halogens is 2. The van der Waals surface area contributed by atoms with Crippen molar-refractivity contribution >= 4 is 27.5 Å². The molecule has 1 heterocycles. The van der Waals surface area contributed by atoms with Crippen LogP contribution in [0.5, 0.6) is 0 Å². The zero-order valence-corrected chi connectivity index (χ0v) is 12.1. The lowest BCUT2D eigenvalue weighted by atomic mass is 9.82. The highest BCUT2D eigenvalue weighted by molar-refractivity contribution is 9.09. The van der Waals surface area contributed by atoms with Crippen LogP contribution >= 0.6 is 27.5 Å². The Bertz CT molecular complexity index is 308. The van der Waals surface area contributed by atoms with Crippen molar-refractivity contribution in [3.63, 3.8) is 0 Å². The topological polar surface area (TPSA) is 17.8 Å². The van der Waals surface area contributed by atoms with Crippen LogP contribution < -0.4 is 0 Å². The zero-order valence-electron chi connectivity index (χ0n) is 9.72. The van der Waals surface area contributed by atoms with Crippen LogP contribution in [0, 0.1) is 18.3 Å². The molecular formula is C11H18BrClN2. The van der Waals surface area contributed by atoms with E-state index in [1.54, 1.807) is 0 Å². The molecule has 0 radical (unpaired) electrons. The Balaban J connectivity index is 2.75. The van der Waals surface area contributed by atoms with Gasteiger partial charge in [-0.1, -0.05) is 48.3 Å². The maximum atomic E-state index is 5.98. The van der Waals surface area contributed by atoms with E-state index in [1.807, 2.05) is 17.8 Å². The lowest BCUT2D eigenvalue weighted by Gasteiger charge is -2.28. The minimum absolute atomic E-state index is 0.274. The molecule has 4 heteroatoms. The molecule has 0 N–H and O–H groups in total. The summed E-state index contributed by atoms with van der Waals surface area (Å²) in [5.41, 5.74) is 1.18. The average molecular weight is 294 g/mol. The molecule has 86 valence electrons. The first-order valence-electron chi connectivity index (χ1n) is 5.10. The Morgan fingerprint density at radius 2 is 2.13 bits per heavy atom. The van der Waals surface area contributed by atoms with Gasteiger partial charge in [-0.2, -0.15) is 5.10 Å². The van der Waals surface area contributed by atoms with Gasteiger partial charge in [0.15, 0.2) is 0 Å². The molecule has 1 atom stereocenters. The normalized spacial score (nSPS) is 14.3. The zero-order chi connectivity index (χ0) is 11.6. The summed E-state index contributed by atoms with van der Waals surface area (Å²) in [5, 5.41) is 6.10. The van der Waals surface area contributed by atoms with Crippen molar-refractivity contribution in [3.8, 4) is 0 Å². The SMILES string of the molecule is Cc1nn(CC(CBr)C(C)(C)C)cc1Cl. The van der Waals surface area contributed by atoms with Gasteiger partial charge in [0, 0.05) is 18.1 Å². The second-order valence-corrected chi connectivity index (χ2v) is 6.06. The Labute approximate surface area is 105 Å². The molecule has 0 aliphatic carbocycles. The summed E-state index contributed by atoms with van der Waals surface area (Å²) >= 11 is 9.54. The number of aryl methyl sites for hydroxylation is 1. The van der Waals surface area contributed by atoms with E-state index in [9.17, 15) is 0 Å². The van der Waals surface area contributed by atoms with Crippen LogP contribution in [0.4, 0.5) is 0 Å².